The maximum Gasteiger partial charge on any atom is 0.216 e. The minimum atomic E-state index is -3.65. The lowest BCUT2D eigenvalue weighted by Gasteiger charge is -1.85. The fourth-order valence-electron chi connectivity index (χ4n) is 0. The largest absolute Gasteiger partial charge is 0.405 e. The summed E-state index contributed by atoms with van der Waals surface area (Å²) in [4.78, 5) is 0. The lowest BCUT2D eigenvalue weighted by atomic mass is 13.0. The summed E-state index contributed by atoms with van der Waals surface area (Å²) in [5.41, 5.74) is 0. The van der Waals surface area contributed by atoms with Crippen LogP contribution in [0.1, 0.15) is 0 Å². The third-order valence-corrected chi connectivity index (χ3v) is 0. The van der Waals surface area contributed by atoms with Gasteiger partial charge in [-0.3, -0.25) is 5.84 Å². The first-order chi connectivity index (χ1) is 2.73. The van der Waals surface area contributed by atoms with Gasteiger partial charge in [0, 0.05) is 0 Å². The SMILES string of the molecule is N[NH3+].[O-][Br+2]([O-])[O-]. The summed E-state index contributed by atoms with van der Waals surface area (Å²) in [5.74, 6) is 7.00. The number of hydrogen-bond donors (Lipinski definition) is 2. The van der Waals surface area contributed by atoms with E-state index in [-0.39, 0.29) is 0 Å². The molecule has 0 atom stereocenters. The Morgan fingerprint density at radius 3 is 1.17 bits per heavy atom. The summed E-state index contributed by atoms with van der Waals surface area (Å²) in [6.07, 6.45) is 0. The van der Waals surface area contributed by atoms with Crippen LogP contribution in [-0.2, 0) is 0 Å². The fourth-order valence-corrected chi connectivity index (χ4v) is 0. The second-order valence-corrected chi connectivity index (χ2v) is 0.982. The Kier molecular flexibility index (Phi) is 14.3. The molecule has 0 heterocycles. The Morgan fingerprint density at radius 1 is 1.17 bits per heavy atom. The minimum Gasteiger partial charge on any atom is -0.405 e. The molecule has 5 nitrogen and oxygen atoms in total. The van der Waals surface area contributed by atoms with Crippen LogP contribution in [0.5, 0.6) is 0 Å². The van der Waals surface area contributed by atoms with Crippen LogP contribution in [0.4, 0.5) is 0 Å². The van der Waals surface area contributed by atoms with Crippen molar-refractivity contribution >= 4 is 0 Å². The van der Waals surface area contributed by atoms with Gasteiger partial charge in [-0.05, 0) is 0 Å². The maximum absolute atomic E-state index is 8.52. The Bertz CT molecular complexity index is 13.5. The van der Waals surface area contributed by atoms with Gasteiger partial charge in [-0.1, -0.05) is 0 Å². The van der Waals surface area contributed by atoms with Crippen LogP contribution in [0.25, 0.3) is 0 Å². The molecule has 0 aliphatic heterocycles. The Balaban J connectivity index is 0. The second kappa shape index (κ2) is 8.99. The van der Waals surface area contributed by atoms with E-state index in [1.165, 1.54) is 0 Å². The van der Waals surface area contributed by atoms with Gasteiger partial charge in [0.1, 0.15) is 0 Å². The van der Waals surface area contributed by atoms with E-state index in [1.54, 1.807) is 0 Å². The summed E-state index contributed by atoms with van der Waals surface area (Å²) in [5, 5.41) is 0. The highest BCUT2D eigenvalue weighted by molar-refractivity contribution is 2.64. The summed E-state index contributed by atoms with van der Waals surface area (Å²) >= 11 is -3.65. The third kappa shape index (κ3) is 587. The van der Waals surface area contributed by atoms with Gasteiger partial charge in [-0.15, -0.1) is 0 Å². The first-order valence-electron chi connectivity index (χ1n) is 0.871. The van der Waals surface area contributed by atoms with Gasteiger partial charge in [0.2, 0.25) is 14.8 Å². The molecule has 0 unspecified atom stereocenters. The van der Waals surface area contributed by atoms with Gasteiger partial charge in [0.15, 0.2) is 0 Å². The molecule has 0 spiro atoms. The van der Waals surface area contributed by atoms with Gasteiger partial charge >= 0.3 is 0 Å². The van der Waals surface area contributed by atoms with Crippen molar-refractivity contribution in [1.82, 2.24) is 0 Å². The van der Waals surface area contributed by atoms with Crippen LogP contribution in [-0.4, -0.2) is 0 Å². The van der Waals surface area contributed by atoms with E-state index in [1.807, 2.05) is 0 Å². The number of rotatable bonds is 0. The molecule has 5 N–H and O–H groups in total. The lowest BCUT2D eigenvalue weighted by Crippen LogP contribution is -2.59. The first-order valence-corrected chi connectivity index (χ1v) is 2.81. The molecule has 40 valence electrons. The van der Waals surface area contributed by atoms with E-state index in [2.05, 4.69) is 11.7 Å². The summed E-state index contributed by atoms with van der Waals surface area (Å²) in [7, 11) is 0. The second-order valence-electron chi connectivity index (χ2n) is 0.189. The van der Waals surface area contributed by atoms with Crippen molar-refractivity contribution in [3.05, 3.63) is 0 Å². The Hall–Kier alpha value is 0.280. The maximum atomic E-state index is 8.52. The minimum absolute atomic E-state index is 2.75. The van der Waals surface area contributed by atoms with Gasteiger partial charge in [-0.25, -0.2) is 0 Å². The molecule has 0 bridgehead atoms. The van der Waals surface area contributed by atoms with Crippen molar-refractivity contribution in [2.24, 2.45) is 5.84 Å². The highest BCUT2D eigenvalue weighted by Crippen LogP contribution is 1.24. The summed E-state index contributed by atoms with van der Waals surface area (Å²) in [6.45, 7) is 0. The molecule has 6 heavy (non-hydrogen) atoms. The summed E-state index contributed by atoms with van der Waals surface area (Å²) in [6, 6.07) is 0. The molecule has 6 heteroatoms. The van der Waals surface area contributed by atoms with E-state index < -0.39 is 14.8 Å². The standard InChI is InChI=1S/BrO3.H4N2/c2-1(3)4;1-2/h;1-2H2/q-1;/p+1. The number of hydrogen-bond acceptors (Lipinski definition) is 4. The topological polar surface area (TPSA) is 123 Å². The van der Waals surface area contributed by atoms with Crippen LogP contribution in [0.15, 0.2) is 0 Å². The number of nitrogens with two attached hydrogens (primary N) is 1. The highest BCUT2D eigenvalue weighted by atomic mass is 80.0. The van der Waals surface area contributed by atoms with E-state index in [9.17, 15) is 0 Å². The number of quaternary nitrogens is 1. The molecule has 0 rings (SSSR count). The molecule has 0 aliphatic rings. The van der Waals surface area contributed by atoms with Crippen LogP contribution >= 0.6 is 0 Å². The molecule has 0 aromatic rings. The first kappa shape index (κ1) is 9.56. The molecule has 0 fully saturated rings. The van der Waals surface area contributed by atoms with Crippen molar-refractivity contribution in [1.29, 1.82) is 0 Å². The summed E-state index contributed by atoms with van der Waals surface area (Å²) < 4.78 is 25.6. The smallest absolute Gasteiger partial charge is 0.216 e. The molecule has 0 amide bonds. The molecule has 0 saturated carbocycles. The van der Waals surface area contributed by atoms with E-state index in [0.29, 0.717) is 0 Å². The van der Waals surface area contributed by atoms with E-state index in [0.717, 1.165) is 0 Å². The van der Waals surface area contributed by atoms with E-state index in [4.69, 9.17) is 12.6 Å². The molecule has 0 saturated heterocycles. The number of halogens is 1. The van der Waals surface area contributed by atoms with Gasteiger partial charge in [0.05, 0.1) is 0 Å². The average molecular weight is 161 g/mol. The van der Waals surface area contributed by atoms with Crippen LogP contribution in [0.3, 0.4) is 0 Å². The fraction of sp³-hybridized carbons (Fsp3) is 0. The van der Waals surface area contributed by atoms with Crippen LogP contribution in [0, 0.1) is 14.8 Å². The normalized spacial score (nSPS) is 7.00. The molecular formula is H5BrN2O3. The zero-order chi connectivity index (χ0) is 5.58. The third-order valence-electron chi connectivity index (χ3n) is 0. The molecule has 0 radical (unpaired) electrons. The zero-order valence-electron chi connectivity index (χ0n) is 2.89. The van der Waals surface area contributed by atoms with Crippen molar-refractivity contribution in [2.45, 2.75) is 0 Å². The van der Waals surface area contributed by atoms with Crippen LogP contribution < -0.4 is 24.3 Å². The van der Waals surface area contributed by atoms with Crippen molar-refractivity contribution in [2.75, 3.05) is 0 Å². The average Bonchev–Trinajstić information content (AvgIpc) is 1.41. The predicted octanol–water partition coefficient (Wildman–Crippen LogP) is -5.46. The Labute approximate surface area is 40.0 Å². The van der Waals surface area contributed by atoms with Crippen molar-refractivity contribution in [3.63, 3.8) is 0 Å². The molecular weight excluding hydrogens is 156 g/mol. The van der Waals surface area contributed by atoms with Crippen molar-refractivity contribution < 1.29 is 33.2 Å². The van der Waals surface area contributed by atoms with E-state index >= 15 is 0 Å². The quantitative estimate of drug-likeness (QED) is 0.271. The highest BCUT2D eigenvalue weighted by Gasteiger charge is 1.67. The molecule has 0 aromatic carbocycles. The van der Waals surface area contributed by atoms with Gasteiger partial charge in [0.25, 0.3) is 0 Å². The van der Waals surface area contributed by atoms with Gasteiger partial charge in [-0.2, -0.15) is 5.84 Å². The zero-order valence-corrected chi connectivity index (χ0v) is 4.47. The van der Waals surface area contributed by atoms with Crippen molar-refractivity contribution in [3.8, 4) is 0 Å². The molecule has 0 aromatic heterocycles. The molecule has 0 aliphatic carbocycles. The lowest BCUT2D eigenvalue weighted by molar-refractivity contribution is -1.73. The monoisotopic (exact) mass is 160 g/mol. The van der Waals surface area contributed by atoms with Crippen LogP contribution in [0.2, 0.25) is 0 Å². The van der Waals surface area contributed by atoms with Gasteiger partial charge < -0.3 is 12.6 Å². The predicted molar refractivity (Wildman–Crippen MR) is 7.08 cm³/mol. The Morgan fingerprint density at radius 2 is 1.17 bits per heavy atom.